The molecule has 0 unspecified atom stereocenters. The van der Waals surface area contributed by atoms with Crippen LogP contribution >= 0.6 is 11.6 Å². The first-order chi connectivity index (χ1) is 13.5. The zero-order valence-electron chi connectivity index (χ0n) is 15.0. The minimum atomic E-state index is -0.564. The summed E-state index contributed by atoms with van der Waals surface area (Å²) in [5.41, 5.74) is 0.724. The summed E-state index contributed by atoms with van der Waals surface area (Å²) in [7, 11) is 2.94. The van der Waals surface area contributed by atoms with Gasteiger partial charge in [0.1, 0.15) is 17.8 Å². The van der Waals surface area contributed by atoms with E-state index in [1.54, 1.807) is 30.3 Å². The van der Waals surface area contributed by atoms with Crippen LogP contribution in [0.25, 0.3) is 0 Å². The van der Waals surface area contributed by atoms with Crippen molar-refractivity contribution < 1.29 is 14.4 Å². The van der Waals surface area contributed by atoms with Crippen LogP contribution in [0, 0.1) is 10.1 Å². The molecule has 0 aliphatic carbocycles. The number of nitro groups is 1. The fourth-order valence-corrected chi connectivity index (χ4v) is 2.72. The molecule has 0 saturated heterocycles. The third-order valence-electron chi connectivity index (χ3n) is 3.77. The molecule has 0 fully saturated rings. The Morgan fingerprint density at radius 2 is 1.64 bits per heavy atom. The van der Waals surface area contributed by atoms with Crippen molar-refractivity contribution in [1.29, 1.82) is 0 Å². The van der Waals surface area contributed by atoms with E-state index in [9.17, 15) is 10.1 Å². The van der Waals surface area contributed by atoms with E-state index in [4.69, 9.17) is 21.1 Å². The van der Waals surface area contributed by atoms with Gasteiger partial charge in [0.05, 0.1) is 29.9 Å². The van der Waals surface area contributed by atoms with Gasteiger partial charge >= 0.3 is 5.69 Å². The van der Waals surface area contributed by atoms with Crippen molar-refractivity contribution in [2.24, 2.45) is 0 Å². The van der Waals surface area contributed by atoms with E-state index in [2.05, 4.69) is 20.6 Å². The molecule has 3 rings (SSSR count). The summed E-state index contributed by atoms with van der Waals surface area (Å²) in [6.07, 6.45) is 1.22. The molecule has 28 heavy (non-hydrogen) atoms. The molecule has 0 radical (unpaired) electrons. The Hall–Kier alpha value is -3.59. The molecule has 0 aliphatic rings. The first-order valence-corrected chi connectivity index (χ1v) is 8.41. The predicted octanol–water partition coefficient (Wildman–Crippen LogP) is 4.54. The molecule has 10 heteroatoms. The SMILES string of the molecule is COc1cc(OC)c(Nc2ncnc(Nc3ccccc3)c2[N+](=O)[O-])cc1Cl. The van der Waals surface area contributed by atoms with Crippen molar-refractivity contribution in [2.75, 3.05) is 24.9 Å². The van der Waals surface area contributed by atoms with Crippen molar-refractivity contribution >= 4 is 40.3 Å². The second-order valence-corrected chi connectivity index (χ2v) is 5.89. The van der Waals surface area contributed by atoms with E-state index in [1.165, 1.54) is 26.6 Å². The lowest BCUT2D eigenvalue weighted by molar-refractivity contribution is -0.383. The van der Waals surface area contributed by atoms with Crippen LogP contribution in [0.5, 0.6) is 11.5 Å². The van der Waals surface area contributed by atoms with Gasteiger partial charge in [0.2, 0.25) is 11.6 Å². The lowest BCUT2D eigenvalue weighted by Crippen LogP contribution is -2.06. The number of anilines is 4. The number of ether oxygens (including phenoxy) is 2. The molecule has 0 saturated carbocycles. The third kappa shape index (κ3) is 4.04. The number of aromatic nitrogens is 2. The van der Waals surface area contributed by atoms with Crippen molar-refractivity contribution in [3.63, 3.8) is 0 Å². The Morgan fingerprint density at radius 3 is 2.25 bits per heavy atom. The molecule has 0 aliphatic heterocycles. The highest BCUT2D eigenvalue weighted by Crippen LogP contribution is 2.39. The second-order valence-electron chi connectivity index (χ2n) is 5.48. The molecule has 2 aromatic carbocycles. The molecule has 1 heterocycles. The average Bonchev–Trinajstić information content (AvgIpc) is 2.69. The van der Waals surface area contributed by atoms with E-state index in [0.717, 1.165) is 0 Å². The molecule has 2 N–H and O–H groups in total. The fourth-order valence-electron chi connectivity index (χ4n) is 2.48. The van der Waals surface area contributed by atoms with Gasteiger partial charge in [-0.2, -0.15) is 0 Å². The van der Waals surface area contributed by atoms with Gasteiger partial charge in [-0.05, 0) is 18.2 Å². The monoisotopic (exact) mass is 401 g/mol. The van der Waals surface area contributed by atoms with Gasteiger partial charge in [0.15, 0.2) is 0 Å². The Bertz CT molecular complexity index is 1000. The van der Waals surface area contributed by atoms with Crippen LogP contribution in [0.3, 0.4) is 0 Å². The summed E-state index contributed by atoms with van der Waals surface area (Å²) in [5.74, 6) is 0.824. The number of hydrogen-bond acceptors (Lipinski definition) is 8. The van der Waals surface area contributed by atoms with Crippen molar-refractivity contribution in [3.8, 4) is 11.5 Å². The highest BCUT2D eigenvalue weighted by Gasteiger charge is 2.24. The van der Waals surface area contributed by atoms with Crippen LogP contribution in [0.15, 0.2) is 48.8 Å². The van der Waals surface area contributed by atoms with E-state index in [0.29, 0.717) is 27.9 Å². The summed E-state index contributed by atoms with van der Waals surface area (Å²) in [5, 5.41) is 17.8. The third-order valence-corrected chi connectivity index (χ3v) is 4.06. The summed E-state index contributed by atoms with van der Waals surface area (Å²) in [4.78, 5) is 19.2. The molecule has 0 spiro atoms. The first kappa shape index (κ1) is 19.2. The normalized spacial score (nSPS) is 10.2. The Morgan fingerprint density at radius 1 is 1.00 bits per heavy atom. The maximum atomic E-state index is 11.7. The predicted molar refractivity (Wildman–Crippen MR) is 106 cm³/mol. The average molecular weight is 402 g/mol. The zero-order valence-corrected chi connectivity index (χ0v) is 15.7. The van der Waals surface area contributed by atoms with Gasteiger partial charge in [0.25, 0.3) is 0 Å². The molecule has 9 nitrogen and oxygen atoms in total. The number of para-hydroxylation sites is 1. The highest BCUT2D eigenvalue weighted by molar-refractivity contribution is 6.32. The quantitative estimate of drug-likeness (QED) is 0.438. The topological polar surface area (TPSA) is 111 Å². The number of methoxy groups -OCH3 is 2. The van der Waals surface area contributed by atoms with Crippen LogP contribution in [-0.2, 0) is 0 Å². The molecular weight excluding hydrogens is 386 g/mol. The molecule has 3 aromatic rings. The minimum Gasteiger partial charge on any atom is -0.495 e. The van der Waals surface area contributed by atoms with Gasteiger partial charge in [0, 0.05) is 11.8 Å². The van der Waals surface area contributed by atoms with Crippen molar-refractivity contribution in [1.82, 2.24) is 9.97 Å². The molecule has 1 aromatic heterocycles. The van der Waals surface area contributed by atoms with Crippen molar-refractivity contribution in [2.45, 2.75) is 0 Å². The zero-order chi connectivity index (χ0) is 20.1. The first-order valence-electron chi connectivity index (χ1n) is 8.03. The van der Waals surface area contributed by atoms with E-state index in [1.807, 2.05) is 6.07 Å². The summed E-state index contributed by atoms with van der Waals surface area (Å²) >= 11 is 6.17. The second kappa shape index (κ2) is 8.40. The number of benzene rings is 2. The van der Waals surface area contributed by atoms with Crippen LogP contribution in [0.1, 0.15) is 0 Å². The van der Waals surface area contributed by atoms with Crippen LogP contribution in [0.2, 0.25) is 5.02 Å². The smallest absolute Gasteiger partial charge is 0.353 e. The summed E-state index contributed by atoms with van der Waals surface area (Å²) in [6, 6.07) is 12.1. The van der Waals surface area contributed by atoms with E-state index in [-0.39, 0.29) is 17.3 Å². The van der Waals surface area contributed by atoms with Gasteiger partial charge in [-0.15, -0.1) is 0 Å². The molecule has 0 atom stereocenters. The Kier molecular flexibility index (Phi) is 5.75. The highest BCUT2D eigenvalue weighted by atomic mass is 35.5. The molecule has 0 amide bonds. The number of nitrogens with one attached hydrogen (secondary N) is 2. The molecule has 144 valence electrons. The van der Waals surface area contributed by atoms with E-state index >= 15 is 0 Å². The number of hydrogen-bond donors (Lipinski definition) is 2. The number of halogens is 1. The Balaban J connectivity index is 2.02. The van der Waals surface area contributed by atoms with Crippen molar-refractivity contribution in [3.05, 3.63) is 63.9 Å². The molecular formula is C18H16ClN5O4. The summed E-state index contributed by atoms with van der Waals surface area (Å²) < 4.78 is 10.5. The van der Waals surface area contributed by atoms with Gasteiger partial charge < -0.3 is 20.1 Å². The Labute approximate surface area is 165 Å². The lowest BCUT2D eigenvalue weighted by atomic mass is 10.2. The van der Waals surface area contributed by atoms with Gasteiger partial charge in [-0.25, -0.2) is 9.97 Å². The van der Waals surface area contributed by atoms with Gasteiger partial charge in [-0.1, -0.05) is 29.8 Å². The summed E-state index contributed by atoms with van der Waals surface area (Å²) in [6.45, 7) is 0. The minimum absolute atomic E-state index is 0.0158. The largest absolute Gasteiger partial charge is 0.495 e. The van der Waals surface area contributed by atoms with Gasteiger partial charge in [-0.3, -0.25) is 10.1 Å². The maximum Gasteiger partial charge on any atom is 0.353 e. The molecule has 0 bridgehead atoms. The lowest BCUT2D eigenvalue weighted by Gasteiger charge is -2.14. The maximum absolute atomic E-state index is 11.7. The van der Waals surface area contributed by atoms with Crippen LogP contribution < -0.4 is 20.1 Å². The van der Waals surface area contributed by atoms with Crippen LogP contribution in [-0.4, -0.2) is 29.1 Å². The van der Waals surface area contributed by atoms with Crippen LogP contribution in [0.4, 0.5) is 28.7 Å². The number of nitrogens with zero attached hydrogens (tertiary/aromatic N) is 3. The fraction of sp³-hybridized carbons (Fsp3) is 0.111. The standard InChI is InChI=1S/C18H16ClN5O4/c1-27-14-9-15(28-2)13(8-12(14)19)23-18-16(24(25)26)17(20-10-21-18)22-11-6-4-3-5-7-11/h3-10H,1-2H3,(H2,20,21,22,23). The number of rotatable bonds is 7. The van der Waals surface area contributed by atoms with E-state index < -0.39 is 4.92 Å².